The lowest BCUT2D eigenvalue weighted by atomic mass is 10.2. The molecule has 0 saturated heterocycles. The van der Waals surface area contributed by atoms with Crippen LogP contribution in [0.3, 0.4) is 0 Å². The summed E-state index contributed by atoms with van der Waals surface area (Å²) < 4.78 is 10.8. The molecular formula is C19H16ClN3O3. The number of amides is 1. The van der Waals surface area contributed by atoms with Gasteiger partial charge < -0.3 is 19.4 Å². The van der Waals surface area contributed by atoms with Gasteiger partial charge in [0.05, 0.1) is 23.5 Å². The molecule has 1 aliphatic heterocycles. The van der Waals surface area contributed by atoms with Crippen molar-refractivity contribution >= 4 is 34.6 Å². The highest BCUT2D eigenvalue weighted by Crippen LogP contribution is 2.39. The molecular weight excluding hydrogens is 354 g/mol. The summed E-state index contributed by atoms with van der Waals surface area (Å²) in [5.41, 5.74) is 3.07. The van der Waals surface area contributed by atoms with Gasteiger partial charge in [0.1, 0.15) is 12.3 Å². The summed E-state index contributed by atoms with van der Waals surface area (Å²) in [6.07, 6.45) is 3.18. The third-order valence-electron chi connectivity index (χ3n) is 4.16. The highest BCUT2D eigenvalue weighted by molar-refractivity contribution is 6.33. The molecule has 0 spiro atoms. The lowest BCUT2D eigenvalue weighted by Crippen LogP contribution is -2.29. The Bertz CT molecular complexity index is 970. The Hall–Kier alpha value is -2.99. The van der Waals surface area contributed by atoms with E-state index in [9.17, 15) is 4.79 Å². The van der Waals surface area contributed by atoms with Crippen LogP contribution in [-0.4, -0.2) is 24.0 Å². The molecule has 0 saturated carbocycles. The van der Waals surface area contributed by atoms with Crippen LogP contribution < -0.4 is 15.0 Å². The highest BCUT2D eigenvalue weighted by atomic mass is 35.5. The van der Waals surface area contributed by atoms with Crippen molar-refractivity contribution in [3.63, 3.8) is 0 Å². The maximum absolute atomic E-state index is 12.3. The minimum absolute atomic E-state index is 0.290. The van der Waals surface area contributed by atoms with Gasteiger partial charge in [-0.2, -0.15) is 0 Å². The van der Waals surface area contributed by atoms with Crippen molar-refractivity contribution in [2.45, 2.75) is 6.92 Å². The molecule has 0 bridgehead atoms. The number of hydrogen-bond acceptors (Lipinski definition) is 5. The van der Waals surface area contributed by atoms with Gasteiger partial charge in [0, 0.05) is 17.4 Å². The Morgan fingerprint density at radius 3 is 2.92 bits per heavy atom. The average molecular weight is 370 g/mol. The van der Waals surface area contributed by atoms with Gasteiger partial charge in [-0.05, 0) is 43.3 Å². The van der Waals surface area contributed by atoms with E-state index < -0.39 is 0 Å². The Balaban J connectivity index is 1.59. The van der Waals surface area contributed by atoms with Crippen molar-refractivity contribution in [3.8, 4) is 5.88 Å². The minimum Gasteiger partial charge on any atom is -0.474 e. The van der Waals surface area contributed by atoms with Gasteiger partial charge >= 0.3 is 0 Å². The Morgan fingerprint density at radius 1 is 1.27 bits per heavy atom. The second kappa shape index (κ2) is 6.72. The van der Waals surface area contributed by atoms with Crippen LogP contribution in [0.5, 0.6) is 5.88 Å². The van der Waals surface area contributed by atoms with Crippen LogP contribution in [0.25, 0.3) is 0 Å². The van der Waals surface area contributed by atoms with E-state index in [1.54, 1.807) is 18.3 Å². The lowest BCUT2D eigenvalue weighted by molar-refractivity contribution is 0.0996. The Labute approximate surface area is 155 Å². The quantitative estimate of drug-likeness (QED) is 0.740. The zero-order chi connectivity index (χ0) is 18.1. The van der Waals surface area contributed by atoms with Crippen molar-refractivity contribution in [2.75, 3.05) is 23.4 Å². The first kappa shape index (κ1) is 16.5. The number of anilines is 3. The van der Waals surface area contributed by atoms with Gasteiger partial charge in [0.25, 0.3) is 5.91 Å². The number of furan rings is 1. The van der Waals surface area contributed by atoms with E-state index in [1.807, 2.05) is 31.2 Å². The lowest BCUT2D eigenvalue weighted by Gasteiger charge is -2.31. The summed E-state index contributed by atoms with van der Waals surface area (Å²) in [5.74, 6) is 0.566. The average Bonchev–Trinajstić information content (AvgIpc) is 3.08. The molecule has 2 aromatic heterocycles. The van der Waals surface area contributed by atoms with E-state index in [2.05, 4.69) is 15.2 Å². The first-order valence-electron chi connectivity index (χ1n) is 8.14. The predicted molar refractivity (Wildman–Crippen MR) is 99.6 cm³/mol. The zero-order valence-electron chi connectivity index (χ0n) is 14.0. The number of halogens is 1. The second-order valence-corrected chi connectivity index (χ2v) is 6.29. The number of carbonyl (C=O) groups excluding carboxylic acids is 1. The van der Waals surface area contributed by atoms with Crippen molar-refractivity contribution in [1.82, 2.24) is 4.98 Å². The summed E-state index contributed by atoms with van der Waals surface area (Å²) in [6, 6.07) is 10.9. The van der Waals surface area contributed by atoms with Gasteiger partial charge in [-0.1, -0.05) is 11.6 Å². The van der Waals surface area contributed by atoms with Crippen LogP contribution in [-0.2, 0) is 0 Å². The second-order valence-electron chi connectivity index (χ2n) is 5.88. The maximum atomic E-state index is 12.3. The van der Waals surface area contributed by atoms with E-state index in [-0.39, 0.29) is 5.91 Å². The molecule has 1 amide bonds. The summed E-state index contributed by atoms with van der Waals surface area (Å²) in [7, 11) is 0. The number of pyridine rings is 1. The van der Waals surface area contributed by atoms with Crippen molar-refractivity contribution in [2.24, 2.45) is 0 Å². The molecule has 7 heteroatoms. The predicted octanol–water partition coefficient (Wildman–Crippen LogP) is 4.42. The molecule has 1 N–H and O–H groups in total. The van der Waals surface area contributed by atoms with Crippen LogP contribution in [0.15, 0.2) is 53.3 Å². The molecule has 0 atom stereocenters. The molecule has 0 fully saturated rings. The standard InChI is InChI=1S/C19H16ClN3O3/c1-12-6-9-25-17(12)18(24)22-13-4-5-15(14(20)11-13)23-8-10-26-19-16(23)3-2-7-21-19/h2-7,9,11H,8,10H2,1H3,(H,22,24). The fourth-order valence-electron chi connectivity index (χ4n) is 2.90. The first-order valence-corrected chi connectivity index (χ1v) is 8.51. The minimum atomic E-state index is -0.308. The summed E-state index contributed by atoms with van der Waals surface area (Å²) >= 11 is 6.49. The van der Waals surface area contributed by atoms with Crippen LogP contribution in [0.1, 0.15) is 16.1 Å². The third-order valence-corrected chi connectivity index (χ3v) is 4.46. The van der Waals surface area contributed by atoms with E-state index in [0.717, 1.165) is 16.9 Å². The van der Waals surface area contributed by atoms with Gasteiger partial charge in [-0.25, -0.2) is 4.98 Å². The number of aromatic nitrogens is 1. The fraction of sp³-hybridized carbons (Fsp3) is 0.158. The van der Waals surface area contributed by atoms with Gasteiger partial charge in [0.15, 0.2) is 5.76 Å². The Morgan fingerprint density at radius 2 is 2.15 bits per heavy atom. The van der Waals surface area contributed by atoms with E-state index in [1.165, 1.54) is 6.26 Å². The van der Waals surface area contributed by atoms with Crippen molar-refractivity contribution in [3.05, 3.63) is 65.2 Å². The maximum Gasteiger partial charge on any atom is 0.291 e. The van der Waals surface area contributed by atoms with Crippen molar-refractivity contribution < 1.29 is 13.9 Å². The monoisotopic (exact) mass is 369 g/mol. The van der Waals surface area contributed by atoms with Crippen LogP contribution in [0.4, 0.5) is 17.1 Å². The van der Waals surface area contributed by atoms with Gasteiger partial charge in [0.2, 0.25) is 5.88 Å². The number of aryl methyl sites for hydroxylation is 1. The van der Waals surface area contributed by atoms with E-state index in [4.69, 9.17) is 20.8 Å². The molecule has 132 valence electrons. The fourth-order valence-corrected chi connectivity index (χ4v) is 3.18. The number of benzene rings is 1. The highest BCUT2D eigenvalue weighted by Gasteiger charge is 2.22. The topological polar surface area (TPSA) is 67.6 Å². The molecule has 0 radical (unpaired) electrons. The van der Waals surface area contributed by atoms with E-state index in [0.29, 0.717) is 35.5 Å². The number of ether oxygens (including phenoxy) is 1. The van der Waals surface area contributed by atoms with Crippen molar-refractivity contribution in [1.29, 1.82) is 0 Å². The molecule has 6 nitrogen and oxygen atoms in total. The SMILES string of the molecule is Cc1ccoc1C(=O)Nc1ccc(N2CCOc3ncccc32)c(Cl)c1. The molecule has 3 heterocycles. The summed E-state index contributed by atoms with van der Waals surface area (Å²) in [6.45, 7) is 3.00. The number of hydrogen-bond donors (Lipinski definition) is 1. The number of nitrogens with zero attached hydrogens (tertiary/aromatic N) is 2. The normalized spacial score (nSPS) is 13.1. The molecule has 26 heavy (non-hydrogen) atoms. The van der Waals surface area contributed by atoms with Gasteiger partial charge in [-0.3, -0.25) is 4.79 Å². The molecule has 0 unspecified atom stereocenters. The number of carbonyl (C=O) groups is 1. The van der Waals surface area contributed by atoms with Crippen LogP contribution in [0, 0.1) is 6.92 Å². The molecule has 1 aliphatic rings. The number of fused-ring (bicyclic) bond motifs is 1. The largest absolute Gasteiger partial charge is 0.474 e. The van der Waals surface area contributed by atoms with E-state index >= 15 is 0 Å². The number of rotatable bonds is 3. The molecule has 3 aromatic rings. The van der Waals surface area contributed by atoms with Gasteiger partial charge in [-0.15, -0.1) is 0 Å². The third kappa shape index (κ3) is 2.99. The zero-order valence-corrected chi connectivity index (χ0v) is 14.8. The smallest absolute Gasteiger partial charge is 0.291 e. The molecule has 4 rings (SSSR count). The molecule has 0 aliphatic carbocycles. The van der Waals surface area contributed by atoms with Crippen LogP contribution in [0.2, 0.25) is 5.02 Å². The summed E-state index contributed by atoms with van der Waals surface area (Å²) in [5, 5.41) is 3.33. The Kier molecular flexibility index (Phi) is 4.26. The summed E-state index contributed by atoms with van der Waals surface area (Å²) in [4.78, 5) is 18.6. The first-order chi connectivity index (χ1) is 12.6. The van der Waals surface area contributed by atoms with Crippen LogP contribution >= 0.6 is 11.6 Å². The molecule has 1 aromatic carbocycles. The number of nitrogens with one attached hydrogen (secondary N) is 1.